The number of hydrogen-bond acceptors (Lipinski definition) is 5. The predicted octanol–water partition coefficient (Wildman–Crippen LogP) is 7.10. The van der Waals surface area contributed by atoms with E-state index in [4.69, 9.17) is 23.7 Å². The molecule has 0 aliphatic carbocycles. The van der Waals surface area contributed by atoms with Gasteiger partial charge < -0.3 is 23.7 Å². The van der Waals surface area contributed by atoms with Gasteiger partial charge in [-0.2, -0.15) is 0 Å². The van der Waals surface area contributed by atoms with E-state index in [0.717, 1.165) is 29.2 Å². The SMILES string of the molecule is CC.CC/C(=C\C=C(C)C)OCc1cc(C(=O)O)oc1C.COc1ccc(C)cc1OC. The maximum absolute atomic E-state index is 10.8. The quantitative estimate of drug-likeness (QED) is 0.344. The molecule has 0 saturated heterocycles. The molecule has 6 heteroatoms. The predicted molar refractivity (Wildman–Crippen MR) is 129 cm³/mol. The van der Waals surface area contributed by atoms with Crippen molar-refractivity contribution in [1.29, 1.82) is 0 Å². The van der Waals surface area contributed by atoms with Gasteiger partial charge in [-0.25, -0.2) is 4.79 Å². The molecular formula is C26H38O6. The van der Waals surface area contributed by atoms with Crippen LogP contribution in [0.25, 0.3) is 0 Å². The Hall–Kier alpha value is -3.15. The molecule has 0 bridgehead atoms. The van der Waals surface area contributed by atoms with Gasteiger partial charge in [0, 0.05) is 12.0 Å². The molecule has 1 N–H and O–H groups in total. The summed E-state index contributed by atoms with van der Waals surface area (Å²) >= 11 is 0. The molecule has 0 fully saturated rings. The summed E-state index contributed by atoms with van der Waals surface area (Å²) in [7, 11) is 3.27. The summed E-state index contributed by atoms with van der Waals surface area (Å²) in [6.45, 7) is 14.1. The molecule has 0 aliphatic heterocycles. The normalized spacial score (nSPS) is 10.1. The van der Waals surface area contributed by atoms with Gasteiger partial charge in [0.2, 0.25) is 5.76 Å². The average molecular weight is 447 g/mol. The summed E-state index contributed by atoms with van der Waals surface area (Å²) < 4.78 is 21.0. The summed E-state index contributed by atoms with van der Waals surface area (Å²) in [5.41, 5.74) is 3.12. The smallest absolute Gasteiger partial charge is 0.371 e. The van der Waals surface area contributed by atoms with E-state index in [9.17, 15) is 4.79 Å². The van der Waals surface area contributed by atoms with Crippen LogP contribution in [0.1, 0.15) is 68.5 Å². The van der Waals surface area contributed by atoms with Crippen molar-refractivity contribution in [2.75, 3.05) is 14.2 Å². The van der Waals surface area contributed by atoms with Crippen LogP contribution in [0.2, 0.25) is 0 Å². The van der Waals surface area contributed by atoms with E-state index >= 15 is 0 Å². The number of benzene rings is 1. The molecule has 0 amide bonds. The Morgan fingerprint density at radius 3 is 2.12 bits per heavy atom. The van der Waals surface area contributed by atoms with Crippen LogP contribution in [0.3, 0.4) is 0 Å². The highest BCUT2D eigenvalue weighted by Gasteiger charge is 2.13. The Balaban J connectivity index is 0.000000626. The molecule has 6 nitrogen and oxygen atoms in total. The zero-order valence-electron chi connectivity index (χ0n) is 20.9. The van der Waals surface area contributed by atoms with E-state index in [0.29, 0.717) is 12.4 Å². The molecule has 2 aromatic rings. The number of carboxylic acid groups (broad SMARTS) is 1. The number of methoxy groups -OCH3 is 2. The standard InChI is InChI=1S/C15H20O4.C9H12O2.C2H6/c1-5-13(7-6-10(2)3)18-9-12-8-14(15(16)17)19-11(12)4;1-7-4-5-8(10-2)9(6-7)11-3;1-2/h6-8H,5,9H2,1-4H3,(H,16,17);4-6H,1-3H3;1-2H3/b13-7+;;. The maximum atomic E-state index is 10.8. The van der Waals surface area contributed by atoms with Crippen molar-refractivity contribution in [2.24, 2.45) is 0 Å². The topological polar surface area (TPSA) is 78.1 Å². The lowest BCUT2D eigenvalue weighted by molar-refractivity contribution is 0.0661. The van der Waals surface area contributed by atoms with E-state index in [1.165, 1.54) is 17.2 Å². The van der Waals surface area contributed by atoms with Gasteiger partial charge in [-0.3, -0.25) is 0 Å². The van der Waals surface area contributed by atoms with Crippen LogP contribution in [0.5, 0.6) is 11.5 Å². The van der Waals surface area contributed by atoms with Crippen LogP contribution in [0.4, 0.5) is 0 Å². The molecule has 0 atom stereocenters. The molecule has 1 aromatic carbocycles. The number of carbonyl (C=O) groups is 1. The Labute approximate surface area is 192 Å². The monoisotopic (exact) mass is 446 g/mol. The van der Waals surface area contributed by atoms with Crippen LogP contribution in [0, 0.1) is 13.8 Å². The van der Waals surface area contributed by atoms with Crippen LogP contribution in [0.15, 0.2) is 52.2 Å². The Kier molecular flexibility index (Phi) is 14.1. The molecular weight excluding hydrogens is 408 g/mol. The summed E-state index contributed by atoms with van der Waals surface area (Å²) in [6.07, 6.45) is 4.71. The lowest BCUT2D eigenvalue weighted by atomic mass is 10.2. The van der Waals surface area contributed by atoms with E-state index in [-0.39, 0.29) is 5.76 Å². The Morgan fingerprint density at radius 2 is 1.66 bits per heavy atom. The highest BCUT2D eigenvalue weighted by atomic mass is 16.5. The second-order valence-electron chi connectivity index (χ2n) is 6.87. The molecule has 1 aromatic heterocycles. The first-order valence-corrected chi connectivity index (χ1v) is 10.7. The minimum Gasteiger partial charge on any atom is -0.493 e. The van der Waals surface area contributed by atoms with Gasteiger partial charge >= 0.3 is 5.97 Å². The lowest BCUT2D eigenvalue weighted by Gasteiger charge is -2.07. The number of carboxylic acids is 1. The molecule has 1 heterocycles. The van der Waals surface area contributed by atoms with Crippen LogP contribution < -0.4 is 9.47 Å². The molecule has 0 spiro atoms. The van der Waals surface area contributed by atoms with Gasteiger partial charge in [0.25, 0.3) is 0 Å². The molecule has 32 heavy (non-hydrogen) atoms. The Morgan fingerprint density at radius 1 is 1.03 bits per heavy atom. The lowest BCUT2D eigenvalue weighted by Crippen LogP contribution is -1.94. The van der Waals surface area contributed by atoms with E-state index < -0.39 is 5.97 Å². The van der Waals surface area contributed by atoms with Gasteiger partial charge in [-0.1, -0.05) is 38.5 Å². The van der Waals surface area contributed by atoms with E-state index in [1.54, 1.807) is 21.1 Å². The maximum Gasteiger partial charge on any atom is 0.371 e. The summed E-state index contributed by atoms with van der Waals surface area (Å²) in [5, 5.41) is 8.84. The average Bonchev–Trinajstić information content (AvgIpc) is 3.16. The highest BCUT2D eigenvalue weighted by Crippen LogP contribution is 2.26. The van der Waals surface area contributed by atoms with Crippen molar-refractivity contribution in [3.05, 3.63) is 70.4 Å². The molecule has 0 saturated carbocycles. The minimum atomic E-state index is -1.06. The number of aromatic carboxylic acids is 1. The van der Waals surface area contributed by atoms with Gasteiger partial charge in [-0.15, -0.1) is 0 Å². The fraction of sp³-hybridized carbons (Fsp3) is 0.423. The summed E-state index contributed by atoms with van der Waals surface area (Å²) in [4.78, 5) is 10.8. The van der Waals surface area contributed by atoms with Crippen molar-refractivity contribution in [3.63, 3.8) is 0 Å². The first kappa shape index (κ1) is 28.9. The molecule has 178 valence electrons. The van der Waals surface area contributed by atoms with Crippen LogP contribution >= 0.6 is 0 Å². The third-order valence-corrected chi connectivity index (χ3v) is 4.13. The van der Waals surface area contributed by atoms with Crippen molar-refractivity contribution in [2.45, 2.75) is 61.5 Å². The van der Waals surface area contributed by atoms with Crippen molar-refractivity contribution in [1.82, 2.24) is 0 Å². The van der Waals surface area contributed by atoms with Crippen LogP contribution in [-0.4, -0.2) is 25.3 Å². The molecule has 0 aliphatic rings. The van der Waals surface area contributed by atoms with E-state index in [2.05, 4.69) is 0 Å². The van der Waals surface area contributed by atoms with E-state index in [1.807, 2.05) is 71.9 Å². The molecule has 0 radical (unpaired) electrons. The van der Waals surface area contributed by atoms with Crippen LogP contribution in [-0.2, 0) is 11.3 Å². The van der Waals surface area contributed by atoms with Crippen molar-refractivity contribution in [3.8, 4) is 11.5 Å². The first-order chi connectivity index (χ1) is 15.2. The molecule has 0 unspecified atom stereocenters. The second-order valence-corrected chi connectivity index (χ2v) is 6.87. The zero-order chi connectivity index (χ0) is 24.7. The van der Waals surface area contributed by atoms with Crippen molar-refractivity contribution >= 4 is 5.97 Å². The number of aryl methyl sites for hydroxylation is 2. The third kappa shape index (κ3) is 10.2. The first-order valence-electron chi connectivity index (χ1n) is 10.7. The zero-order valence-corrected chi connectivity index (χ0v) is 20.9. The number of hydrogen-bond donors (Lipinski definition) is 1. The largest absolute Gasteiger partial charge is 0.493 e. The Bertz CT molecular complexity index is 886. The number of rotatable bonds is 8. The number of ether oxygens (including phenoxy) is 3. The third-order valence-electron chi connectivity index (χ3n) is 4.13. The fourth-order valence-corrected chi connectivity index (χ4v) is 2.41. The summed E-state index contributed by atoms with van der Waals surface area (Å²) in [5.74, 6) is 1.88. The highest BCUT2D eigenvalue weighted by molar-refractivity contribution is 5.84. The van der Waals surface area contributed by atoms with Gasteiger partial charge in [0.1, 0.15) is 12.4 Å². The number of allylic oxidation sites excluding steroid dienone is 4. The fourth-order valence-electron chi connectivity index (χ4n) is 2.41. The minimum absolute atomic E-state index is 0.0533. The van der Waals surface area contributed by atoms with Gasteiger partial charge in [0.15, 0.2) is 11.5 Å². The van der Waals surface area contributed by atoms with Gasteiger partial charge in [-0.05, 0) is 57.5 Å². The van der Waals surface area contributed by atoms with Crippen molar-refractivity contribution < 1.29 is 28.5 Å². The molecule has 2 rings (SSSR count). The number of furan rings is 1. The van der Waals surface area contributed by atoms with Gasteiger partial charge in [0.05, 0.1) is 20.0 Å². The summed E-state index contributed by atoms with van der Waals surface area (Å²) in [6, 6.07) is 7.33. The second kappa shape index (κ2) is 15.6.